The third-order valence-corrected chi connectivity index (χ3v) is 5.16. The number of hydrogen-bond acceptors (Lipinski definition) is 5. The molecule has 0 aromatic carbocycles. The minimum atomic E-state index is 0.120. The smallest absolute Gasteiger partial charge is 0.241 e. The van der Waals surface area contributed by atoms with Crippen molar-refractivity contribution in [2.45, 2.75) is 47.5 Å². The van der Waals surface area contributed by atoms with E-state index in [0.29, 0.717) is 0 Å². The average Bonchev–Trinajstić information content (AvgIpc) is 2.80. The first-order valence-electron chi connectivity index (χ1n) is 8.23. The summed E-state index contributed by atoms with van der Waals surface area (Å²) in [7, 11) is 0. The number of aromatic nitrogens is 2. The molecule has 0 aliphatic heterocycles. The fraction of sp³-hybridized carbons (Fsp3) is 0.588. The number of likely N-dealkylation sites (N-methyl/N-ethyl adjacent to an activating group) is 1. The molecule has 0 unspecified atom stereocenters. The molecular formula is C17H26N4OS. The van der Waals surface area contributed by atoms with E-state index in [1.807, 2.05) is 18.7 Å². The molecule has 0 radical (unpaired) electrons. The van der Waals surface area contributed by atoms with E-state index in [1.165, 1.54) is 10.4 Å². The molecule has 0 aliphatic carbocycles. The standard InChI is InChI=1S/C17H26N4OS/c1-6-8-9-21(7-2)14(22)10-18-16-15-11(3)12(4)23-17(15)20-13(5)19-16/h6-10H2,1-5H3,(H,18,19,20). The fourth-order valence-electron chi connectivity index (χ4n) is 2.56. The van der Waals surface area contributed by atoms with Gasteiger partial charge in [0.1, 0.15) is 16.5 Å². The molecule has 1 amide bonds. The molecule has 0 spiro atoms. The maximum atomic E-state index is 12.4. The van der Waals surface area contributed by atoms with Gasteiger partial charge in [-0.25, -0.2) is 9.97 Å². The van der Waals surface area contributed by atoms with Gasteiger partial charge in [0.2, 0.25) is 5.91 Å². The Morgan fingerprint density at radius 1 is 1.22 bits per heavy atom. The van der Waals surface area contributed by atoms with E-state index in [9.17, 15) is 4.79 Å². The van der Waals surface area contributed by atoms with Crippen LogP contribution in [0.15, 0.2) is 0 Å². The molecule has 2 aromatic heterocycles. The van der Waals surface area contributed by atoms with Gasteiger partial charge in [-0.3, -0.25) is 4.79 Å². The summed E-state index contributed by atoms with van der Waals surface area (Å²) < 4.78 is 0. The van der Waals surface area contributed by atoms with Gasteiger partial charge in [0.25, 0.3) is 0 Å². The minimum Gasteiger partial charge on any atom is -0.360 e. The number of hydrogen-bond donors (Lipinski definition) is 1. The van der Waals surface area contributed by atoms with Crippen LogP contribution in [-0.2, 0) is 4.79 Å². The van der Waals surface area contributed by atoms with E-state index in [1.54, 1.807) is 11.3 Å². The largest absolute Gasteiger partial charge is 0.360 e. The molecule has 126 valence electrons. The average molecular weight is 334 g/mol. The van der Waals surface area contributed by atoms with Gasteiger partial charge in [-0.05, 0) is 39.7 Å². The second-order valence-electron chi connectivity index (χ2n) is 5.76. The number of thiophene rings is 1. The second-order valence-corrected chi connectivity index (χ2v) is 6.97. The van der Waals surface area contributed by atoms with Gasteiger partial charge in [-0.2, -0.15) is 0 Å². The lowest BCUT2D eigenvalue weighted by Crippen LogP contribution is -2.36. The van der Waals surface area contributed by atoms with Gasteiger partial charge < -0.3 is 10.2 Å². The second kappa shape index (κ2) is 7.73. The highest BCUT2D eigenvalue weighted by Crippen LogP contribution is 2.33. The Morgan fingerprint density at radius 2 is 1.96 bits per heavy atom. The number of fused-ring (bicyclic) bond motifs is 1. The Kier molecular flexibility index (Phi) is 5.93. The lowest BCUT2D eigenvalue weighted by molar-refractivity contribution is -0.129. The molecule has 0 aliphatic rings. The Labute approximate surface area is 142 Å². The summed E-state index contributed by atoms with van der Waals surface area (Å²) in [5, 5.41) is 4.28. The summed E-state index contributed by atoms with van der Waals surface area (Å²) in [5.74, 6) is 1.62. The molecule has 0 saturated heterocycles. The van der Waals surface area contributed by atoms with Crippen molar-refractivity contribution in [3.8, 4) is 0 Å². The molecule has 0 saturated carbocycles. The van der Waals surface area contributed by atoms with Gasteiger partial charge in [0.05, 0.1) is 11.9 Å². The summed E-state index contributed by atoms with van der Waals surface area (Å²) in [6.45, 7) is 12.1. The van der Waals surface area contributed by atoms with Crippen molar-refractivity contribution in [1.82, 2.24) is 14.9 Å². The Morgan fingerprint density at radius 3 is 2.61 bits per heavy atom. The predicted molar refractivity (Wildman–Crippen MR) is 97.3 cm³/mol. The molecule has 0 bridgehead atoms. The number of nitrogens with one attached hydrogen (secondary N) is 1. The zero-order chi connectivity index (χ0) is 17.0. The van der Waals surface area contributed by atoms with E-state index in [0.717, 1.165) is 47.8 Å². The first-order chi connectivity index (χ1) is 11.0. The van der Waals surface area contributed by atoms with Crippen LogP contribution in [0.5, 0.6) is 0 Å². The number of amides is 1. The van der Waals surface area contributed by atoms with Crippen molar-refractivity contribution in [2.75, 3.05) is 25.0 Å². The fourth-order valence-corrected chi connectivity index (χ4v) is 3.64. The topological polar surface area (TPSA) is 58.1 Å². The predicted octanol–water partition coefficient (Wildman–Crippen LogP) is 3.68. The molecule has 0 fully saturated rings. The normalized spacial score (nSPS) is 11.0. The van der Waals surface area contributed by atoms with Crippen LogP contribution in [0.4, 0.5) is 5.82 Å². The zero-order valence-corrected chi connectivity index (χ0v) is 15.5. The van der Waals surface area contributed by atoms with Gasteiger partial charge in [0, 0.05) is 18.0 Å². The van der Waals surface area contributed by atoms with Crippen molar-refractivity contribution in [3.05, 3.63) is 16.3 Å². The van der Waals surface area contributed by atoms with Crippen LogP contribution in [0.2, 0.25) is 0 Å². The summed E-state index contributed by atoms with van der Waals surface area (Å²) in [6, 6.07) is 0. The SMILES string of the molecule is CCCCN(CC)C(=O)CNc1nc(C)nc2sc(C)c(C)c12. The van der Waals surface area contributed by atoms with Crippen molar-refractivity contribution < 1.29 is 4.79 Å². The van der Waals surface area contributed by atoms with Crippen LogP contribution >= 0.6 is 11.3 Å². The number of anilines is 1. The van der Waals surface area contributed by atoms with Crippen LogP contribution in [0, 0.1) is 20.8 Å². The molecule has 23 heavy (non-hydrogen) atoms. The van der Waals surface area contributed by atoms with Gasteiger partial charge in [0.15, 0.2) is 0 Å². The first kappa shape index (κ1) is 17.7. The third-order valence-electron chi connectivity index (χ3n) is 4.06. The van der Waals surface area contributed by atoms with E-state index in [2.05, 4.69) is 36.1 Å². The van der Waals surface area contributed by atoms with E-state index in [4.69, 9.17) is 0 Å². The maximum Gasteiger partial charge on any atom is 0.241 e. The molecular weight excluding hydrogens is 308 g/mol. The molecule has 2 aromatic rings. The number of aryl methyl sites for hydroxylation is 3. The Balaban J connectivity index is 2.17. The number of unbranched alkanes of at least 4 members (excludes halogenated alkanes) is 1. The highest BCUT2D eigenvalue weighted by Gasteiger charge is 2.16. The lowest BCUT2D eigenvalue weighted by atomic mass is 10.2. The zero-order valence-electron chi connectivity index (χ0n) is 14.7. The van der Waals surface area contributed by atoms with Gasteiger partial charge in [-0.1, -0.05) is 13.3 Å². The van der Waals surface area contributed by atoms with E-state index >= 15 is 0 Å². The van der Waals surface area contributed by atoms with Crippen LogP contribution in [-0.4, -0.2) is 40.4 Å². The summed E-state index contributed by atoms with van der Waals surface area (Å²) >= 11 is 1.68. The summed E-state index contributed by atoms with van der Waals surface area (Å²) in [6.07, 6.45) is 2.13. The molecule has 2 heterocycles. The minimum absolute atomic E-state index is 0.120. The quantitative estimate of drug-likeness (QED) is 0.839. The lowest BCUT2D eigenvalue weighted by Gasteiger charge is -2.21. The van der Waals surface area contributed by atoms with E-state index < -0.39 is 0 Å². The molecule has 2 rings (SSSR count). The monoisotopic (exact) mass is 334 g/mol. The van der Waals surface area contributed by atoms with Crippen LogP contribution < -0.4 is 5.32 Å². The van der Waals surface area contributed by atoms with Crippen LogP contribution in [0.25, 0.3) is 10.2 Å². The first-order valence-corrected chi connectivity index (χ1v) is 9.05. The van der Waals surface area contributed by atoms with Crippen molar-refractivity contribution >= 4 is 33.3 Å². The highest BCUT2D eigenvalue weighted by molar-refractivity contribution is 7.18. The third kappa shape index (κ3) is 3.99. The Hall–Kier alpha value is -1.69. The van der Waals surface area contributed by atoms with Crippen molar-refractivity contribution in [1.29, 1.82) is 0 Å². The number of carbonyl (C=O) groups is 1. The number of nitrogens with zero attached hydrogens (tertiary/aromatic N) is 3. The van der Waals surface area contributed by atoms with E-state index in [-0.39, 0.29) is 12.5 Å². The van der Waals surface area contributed by atoms with Crippen molar-refractivity contribution in [2.24, 2.45) is 0 Å². The molecule has 6 heteroatoms. The maximum absolute atomic E-state index is 12.4. The van der Waals surface area contributed by atoms with Crippen LogP contribution in [0.3, 0.4) is 0 Å². The number of carbonyl (C=O) groups excluding carboxylic acids is 1. The van der Waals surface area contributed by atoms with Crippen molar-refractivity contribution in [3.63, 3.8) is 0 Å². The molecule has 5 nitrogen and oxygen atoms in total. The number of rotatable bonds is 7. The van der Waals surface area contributed by atoms with Gasteiger partial charge in [-0.15, -0.1) is 11.3 Å². The molecule has 0 atom stereocenters. The Bertz CT molecular complexity index is 695. The van der Waals surface area contributed by atoms with Crippen LogP contribution in [0.1, 0.15) is 43.0 Å². The van der Waals surface area contributed by atoms with Gasteiger partial charge >= 0.3 is 0 Å². The molecule has 1 N–H and O–H groups in total. The highest BCUT2D eigenvalue weighted by atomic mass is 32.1. The summed E-state index contributed by atoms with van der Waals surface area (Å²) in [5.41, 5.74) is 1.19. The summed E-state index contributed by atoms with van der Waals surface area (Å²) in [4.78, 5) is 25.5.